The van der Waals surface area contributed by atoms with Crippen molar-refractivity contribution in [2.24, 2.45) is 0 Å². The van der Waals surface area contributed by atoms with Gasteiger partial charge in [-0.05, 0) is 47.5 Å². The second-order valence-corrected chi connectivity index (χ2v) is 8.94. The predicted molar refractivity (Wildman–Crippen MR) is 141 cm³/mol. The van der Waals surface area contributed by atoms with Crippen LogP contribution in [-0.2, 0) is 0 Å². The minimum Gasteiger partial charge on any atom is -0.245 e. The highest BCUT2D eigenvalue weighted by Gasteiger charge is 2.14. The summed E-state index contributed by atoms with van der Waals surface area (Å²) in [4.78, 5) is 10.2. The molecule has 0 N–H and O–H groups in total. The first-order chi connectivity index (χ1) is 16.3. The zero-order valence-electron chi connectivity index (χ0n) is 17.7. The first kappa shape index (κ1) is 19.8. The molecule has 6 aromatic rings. The standard InChI is InChI=1S/C30H19BrN2/c31-24-13-7-12-22(18-24)26-19-23-14-16-27(20-8-3-1-4-9-20)32-29(23)30-25(26)15-17-28(33-30)21-10-5-2-6-11-21/h1-19H. The lowest BCUT2D eigenvalue weighted by atomic mass is 9.96. The molecule has 0 spiro atoms. The zero-order chi connectivity index (χ0) is 22.2. The number of hydrogen-bond donors (Lipinski definition) is 0. The fourth-order valence-corrected chi connectivity index (χ4v) is 4.70. The third kappa shape index (κ3) is 3.71. The molecule has 0 aliphatic heterocycles. The van der Waals surface area contributed by atoms with Crippen LogP contribution in [0.4, 0.5) is 0 Å². The summed E-state index contributed by atoms with van der Waals surface area (Å²) in [7, 11) is 0. The van der Waals surface area contributed by atoms with Crippen molar-refractivity contribution >= 4 is 37.7 Å². The Morgan fingerprint density at radius 2 is 1.09 bits per heavy atom. The van der Waals surface area contributed by atoms with Gasteiger partial charge in [0.15, 0.2) is 0 Å². The Morgan fingerprint density at radius 1 is 0.485 bits per heavy atom. The largest absolute Gasteiger partial charge is 0.245 e. The first-order valence-electron chi connectivity index (χ1n) is 10.9. The minimum absolute atomic E-state index is 0.918. The lowest BCUT2D eigenvalue weighted by molar-refractivity contribution is 1.36. The molecule has 0 unspecified atom stereocenters. The van der Waals surface area contributed by atoms with E-state index >= 15 is 0 Å². The van der Waals surface area contributed by atoms with Crippen molar-refractivity contribution in [1.29, 1.82) is 0 Å². The second kappa shape index (κ2) is 8.27. The van der Waals surface area contributed by atoms with Crippen LogP contribution in [0, 0.1) is 0 Å². The molecule has 0 amide bonds. The van der Waals surface area contributed by atoms with Crippen LogP contribution in [0.2, 0.25) is 0 Å². The third-order valence-electron chi connectivity index (χ3n) is 5.91. The molecular formula is C30H19BrN2. The summed E-state index contributed by atoms with van der Waals surface area (Å²) in [6, 6.07) is 39.8. The molecular weight excluding hydrogens is 468 g/mol. The van der Waals surface area contributed by atoms with Gasteiger partial charge in [0.2, 0.25) is 0 Å². The highest BCUT2D eigenvalue weighted by atomic mass is 79.9. The Kier molecular flexibility index (Phi) is 4.97. The topological polar surface area (TPSA) is 25.8 Å². The summed E-state index contributed by atoms with van der Waals surface area (Å²) < 4.78 is 1.06. The lowest BCUT2D eigenvalue weighted by Gasteiger charge is -2.13. The van der Waals surface area contributed by atoms with Crippen LogP contribution in [-0.4, -0.2) is 9.97 Å². The number of aromatic nitrogens is 2. The van der Waals surface area contributed by atoms with E-state index in [0.717, 1.165) is 59.9 Å². The molecule has 0 fully saturated rings. The first-order valence-corrected chi connectivity index (χ1v) is 11.7. The number of hydrogen-bond acceptors (Lipinski definition) is 2. The van der Waals surface area contributed by atoms with Gasteiger partial charge in [-0.1, -0.05) is 94.8 Å². The van der Waals surface area contributed by atoms with E-state index in [0.29, 0.717) is 0 Å². The van der Waals surface area contributed by atoms with Gasteiger partial charge in [0.25, 0.3) is 0 Å². The van der Waals surface area contributed by atoms with Gasteiger partial charge < -0.3 is 0 Å². The maximum Gasteiger partial charge on any atom is 0.0978 e. The SMILES string of the molecule is Brc1cccc(-c2cc3ccc(-c4ccccc4)nc3c3nc(-c4ccccc4)ccc23)c1. The Hall–Kier alpha value is -3.82. The fourth-order valence-electron chi connectivity index (χ4n) is 4.30. The van der Waals surface area contributed by atoms with E-state index in [-0.39, 0.29) is 0 Å². The number of halogens is 1. The maximum atomic E-state index is 5.14. The van der Waals surface area contributed by atoms with Crippen molar-refractivity contribution in [3.8, 4) is 33.6 Å². The smallest absolute Gasteiger partial charge is 0.0978 e. The van der Waals surface area contributed by atoms with Gasteiger partial charge in [-0.2, -0.15) is 0 Å². The third-order valence-corrected chi connectivity index (χ3v) is 6.40. The predicted octanol–water partition coefficient (Wildman–Crippen LogP) is 8.55. The van der Waals surface area contributed by atoms with Crippen molar-refractivity contribution in [1.82, 2.24) is 9.97 Å². The van der Waals surface area contributed by atoms with Crippen LogP contribution in [0.15, 0.2) is 120 Å². The highest BCUT2D eigenvalue weighted by molar-refractivity contribution is 9.10. The monoisotopic (exact) mass is 486 g/mol. The molecule has 156 valence electrons. The maximum absolute atomic E-state index is 5.14. The molecule has 2 heterocycles. The number of pyridine rings is 2. The Balaban J connectivity index is 1.67. The summed E-state index contributed by atoms with van der Waals surface area (Å²) in [6.45, 7) is 0. The number of fused-ring (bicyclic) bond motifs is 3. The molecule has 3 heteroatoms. The molecule has 0 bridgehead atoms. The second-order valence-electron chi connectivity index (χ2n) is 8.03. The Morgan fingerprint density at radius 3 is 1.76 bits per heavy atom. The normalized spacial score (nSPS) is 11.2. The molecule has 0 atom stereocenters. The zero-order valence-corrected chi connectivity index (χ0v) is 19.3. The van der Waals surface area contributed by atoms with Crippen LogP contribution in [0.1, 0.15) is 0 Å². The molecule has 0 saturated heterocycles. The summed E-state index contributed by atoms with van der Waals surface area (Å²) in [5.41, 5.74) is 8.24. The molecule has 33 heavy (non-hydrogen) atoms. The Bertz CT molecular complexity index is 1610. The molecule has 6 rings (SSSR count). The van der Waals surface area contributed by atoms with Crippen molar-refractivity contribution < 1.29 is 0 Å². The van der Waals surface area contributed by atoms with Crippen LogP contribution in [0.3, 0.4) is 0 Å². The van der Waals surface area contributed by atoms with Gasteiger partial charge in [0, 0.05) is 26.4 Å². The number of nitrogens with zero attached hydrogens (tertiary/aromatic N) is 2. The fraction of sp³-hybridized carbons (Fsp3) is 0. The summed E-state index contributed by atoms with van der Waals surface area (Å²) in [5.74, 6) is 0. The van der Waals surface area contributed by atoms with Gasteiger partial charge in [-0.15, -0.1) is 0 Å². The van der Waals surface area contributed by atoms with Gasteiger partial charge in [-0.25, -0.2) is 9.97 Å². The van der Waals surface area contributed by atoms with Crippen LogP contribution >= 0.6 is 15.9 Å². The number of benzene rings is 4. The van der Waals surface area contributed by atoms with Crippen molar-refractivity contribution in [3.63, 3.8) is 0 Å². The lowest BCUT2D eigenvalue weighted by Crippen LogP contribution is -1.93. The molecule has 2 nitrogen and oxygen atoms in total. The quantitative estimate of drug-likeness (QED) is 0.234. The van der Waals surface area contributed by atoms with Crippen LogP contribution in [0.5, 0.6) is 0 Å². The van der Waals surface area contributed by atoms with Gasteiger partial charge in [-0.3, -0.25) is 0 Å². The van der Waals surface area contributed by atoms with Gasteiger partial charge in [0.1, 0.15) is 0 Å². The van der Waals surface area contributed by atoms with Gasteiger partial charge >= 0.3 is 0 Å². The molecule has 4 aromatic carbocycles. The van der Waals surface area contributed by atoms with Crippen molar-refractivity contribution in [2.45, 2.75) is 0 Å². The summed E-state index contributed by atoms with van der Waals surface area (Å²) >= 11 is 3.62. The van der Waals surface area contributed by atoms with E-state index in [2.05, 4.69) is 88.7 Å². The highest BCUT2D eigenvalue weighted by Crippen LogP contribution is 2.36. The van der Waals surface area contributed by atoms with E-state index in [1.165, 1.54) is 0 Å². The van der Waals surface area contributed by atoms with Crippen LogP contribution in [0.25, 0.3) is 55.4 Å². The molecule has 0 radical (unpaired) electrons. The van der Waals surface area contributed by atoms with E-state index in [1.807, 2.05) is 42.5 Å². The van der Waals surface area contributed by atoms with E-state index in [9.17, 15) is 0 Å². The molecule has 0 saturated carbocycles. The Labute approximate surface area is 200 Å². The number of rotatable bonds is 3. The van der Waals surface area contributed by atoms with Crippen LogP contribution < -0.4 is 0 Å². The van der Waals surface area contributed by atoms with E-state index in [4.69, 9.17) is 9.97 Å². The summed E-state index contributed by atoms with van der Waals surface area (Å²) in [5, 5.41) is 2.17. The van der Waals surface area contributed by atoms with Gasteiger partial charge in [0.05, 0.1) is 22.4 Å². The molecule has 0 aliphatic carbocycles. The van der Waals surface area contributed by atoms with Crippen molar-refractivity contribution in [2.75, 3.05) is 0 Å². The van der Waals surface area contributed by atoms with E-state index < -0.39 is 0 Å². The molecule has 0 aliphatic rings. The minimum atomic E-state index is 0.918. The summed E-state index contributed by atoms with van der Waals surface area (Å²) in [6.07, 6.45) is 0. The van der Waals surface area contributed by atoms with Crippen molar-refractivity contribution in [3.05, 3.63) is 120 Å². The molecule has 2 aromatic heterocycles. The van der Waals surface area contributed by atoms with E-state index in [1.54, 1.807) is 0 Å². The average molecular weight is 487 g/mol. The average Bonchev–Trinajstić information content (AvgIpc) is 2.88.